The zero-order valence-electron chi connectivity index (χ0n) is 44.8. The van der Waals surface area contributed by atoms with E-state index in [9.17, 15) is 29.7 Å². The Morgan fingerprint density at radius 2 is 0.409 bits per heavy atom. The van der Waals surface area contributed by atoms with Crippen molar-refractivity contribution in [3.05, 3.63) is 0 Å². The maximum atomic E-state index is 13.9. The predicted molar refractivity (Wildman–Crippen MR) is 284 cm³/mol. The fraction of sp³-hybridized carbons (Fsp3) is 0.950. The van der Waals surface area contributed by atoms with Crippen molar-refractivity contribution in [1.82, 2.24) is 0 Å². The highest BCUT2D eigenvalue weighted by Crippen LogP contribution is 2.32. The number of unbranched alkanes of at least 4 members (excludes halogenated alkanes) is 45. The van der Waals surface area contributed by atoms with Crippen LogP contribution in [-0.4, -0.2) is 50.5 Å². The largest absolute Gasteiger partial charge is 0.393 e. The molecule has 6 nitrogen and oxygen atoms in total. The van der Waals surface area contributed by atoms with Gasteiger partial charge in [-0.2, -0.15) is 0 Å². The molecule has 392 valence electrons. The molecule has 66 heavy (non-hydrogen) atoms. The second-order valence-electron chi connectivity index (χ2n) is 21.2. The van der Waals surface area contributed by atoms with Crippen molar-refractivity contribution in [2.75, 3.05) is 6.61 Å². The first-order chi connectivity index (χ1) is 32.3. The number of aliphatic hydroxyl groups excluding tert-OH is 1. The van der Waals surface area contributed by atoms with Crippen LogP contribution in [0.15, 0.2) is 0 Å². The van der Waals surface area contributed by atoms with Gasteiger partial charge < -0.3 is 15.3 Å². The molecule has 6 heteroatoms. The van der Waals surface area contributed by atoms with E-state index in [2.05, 4.69) is 20.8 Å². The number of carbonyl (C=O) groups excluding carboxylic acids is 3. The lowest BCUT2D eigenvalue weighted by molar-refractivity contribution is -0.194. The number of Topliss-reactive ketones (excluding diaryl/α,β-unsaturated/α-hetero) is 3. The minimum absolute atomic E-state index is 0.0729. The summed E-state index contributed by atoms with van der Waals surface area (Å²) in [6.45, 7) is 5.65. The summed E-state index contributed by atoms with van der Waals surface area (Å²) in [7, 11) is 0. The Bertz CT molecular complexity index is 1010. The first kappa shape index (κ1) is 64.9. The Hall–Kier alpha value is -1.11. The molecule has 0 spiro atoms. The molecule has 3 N–H and O–H groups in total. The maximum Gasteiger partial charge on any atom is 0.219 e. The Kier molecular flexibility index (Phi) is 48.1. The molecule has 0 saturated carbocycles. The molecule has 0 bridgehead atoms. The van der Waals surface area contributed by atoms with Crippen LogP contribution in [-0.2, 0) is 14.4 Å². The molecule has 0 aromatic carbocycles. The monoisotopic (exact) mass is 933 g/mol. The van der Waals surface area contributed by atoms with Gasteiger partial charge in [-0.1, -0.05) is 310 Å². The highest BCUT2D eigenvalue weighted by molar-refractivity contribution is 6.16. The Balaban J connectivity index is 4.82. The smallest absolute Gasteiger partial charge is 0.219 e. The van der Waals surface area contributed by atoms with Crippen molar-refractivity contribution in [3.63, 3.8) is 0 Å². The van der Waals surface area contributed by atoms with Gasteiger partial charge in [-0.05, 0) is 19.3 Å². The van der Waals surface area contributed by atoms with Crippen LogP contribution in [0.3, 0.4) is 0 Å². The molecule has 0 radical (unpaired) electrons. The lowest BCUT2D eigenvalue weighted by atomic mass is 9.71. The average Bonchev–Trinajstić information content (AvgIpc) is 3.32. The van der Waals surface area contributed by atoms with E-state index < -0.39 is 35.2 Å². The summed E-state index contributed by atoms with van der Waals surface area (Å²) in [5.41, 5.74) is -5.74. The van der Waals surface area contributed by atoms with E-state index in [1.165, 1.54) is 231 Å². The van der Waals surface area contributed by atoms with Crippen LogP contribution >= 0.6 is 0 Å². The second kappa shape index (κ2) is 48.9. The topological polar surface area (TPSA) is 112 Å². The molecule has 0 aromatic rings. The number of ketones is 3. The van der Waals surface area contributed by atoms with Gasteiger partial charge in [0, 0.05) is 19.3 Å². The van der Waals surface area contributed by atoms with Gasteiger partial charge in [0.1, 0.15) is 0 Å². The molecule has 0 aliphatic heterocycles. The summed E-state index contributed by atoms with van der Waals surface area (Å²) in [6.07, 6.45) is 57.3. The molecule has 0 heterocycles. The zero-order chi connectivity index (χ0) is 48.5. The normalized spacial score (nSPS) is 12.8. The average molecular weight is 934 g/mol. The molecule has 1 atom stereocenters. The summed E-state index contributed by atoms with van der Waals surface area (Å²) in [5, 5.41) is 34.3. The molecule has 0 saturated heterocycles. The molecule has 0 amide bonds. The van der Waals surface area contributed by atoms with E-state index in [1.54, 1.807) is 0 Å². The van der Waals surface area contributed by atoms with E-state index in [1.807, 2.05) is 0 Å². The third kappa shape index (κ3) is 35.1. The first-order valence-corrected chi connectivity index (χ1v) is 29.9. The highest BCUT2D eigenvalue weighted by Gasteiger charge is 2.62. The van der Waals surface area contributed by atoms with E-state index in [0.29, 0.717) is 19.3 Å². The van der Waals surface area contributed by atoms with Crippen molar-refractivity contribution in [1.29, 1.82) is 0 Å². The molecule has 0 rings (SSSR count). The van der Waals surface area contributed by atoms with Crippen molar-refractivity contribution in [2.24, 2.45) is 0 Å². The van der Waals surface area contributed by atoms with Crippen LogP contribution in [0, 0.1) is 0 Å². The van der Waals surface area contributed by atoms with Gasteiger partial charge in [0.2, 0.25) is 5.60 Å². The van der Waals surface area contributed by atoms with Crippen LogP contribution in [0.5, 0.6) is 0 Å². The third-order valence-electron chi connectivity index (χ3n) is 14.9. The van der Waals surface area contributed by atoms with Crippen molar-refractivity contribution >= 4 is 17.3 Å². The van der Waals surface area contributed by atoms with Gasteiger partial charge in [0.05, 0.1) is 6.61 Å². The van der Waals surface area contributed by atoms with Gasteiger partial charge in [-0.25, -0.2) is 0 Å². The predicted octanol–water partition coefficient (Wildman–Crippen LogP) is 18.1. The summed E-state index contributed by atoms with van der Waals surface area (Å²) in [4.78, 5) is 41.4. The number of hydrogen-bond acceptors (Lipinski definition) is 6. The van der Waals surface area contributed by atoms with Gasteiger partial charge in [-0.15, -0.1) is 0 Å². The maximum absolute atomic E-state index is 13.9. The molecule has 0 unspecified atom stereocenters. The number of rotatable bonds is 56. The van der Waals surface area contributed by atoms with Gasteiger partial charge in [0.25, 0.3) is 0 Å². The molecule has 0 aromatic heterocycles. The minimum Gasteiger partial charge on any atom is -0.393 e. The van der Waals surface area contributed by atoms with E-state index in [-0.39, 0.29) is 19.3 Å². The SMILES string of the molecule is CCCCCCCCCCCCCCCCCCC(=O)C(O)(C(=O)CCCCCCCCCCCCCCCCCC)[C@@](O)(CO)C(=O)CCCCCCCCCCCCCCCCCC. The zero-order valence-corrected chi connectivity index (χ0v) is 44.8. The van der Waals surface area contributed by atoms with Crippen molar-refractivity contribution in [3.8, 4) is 0 Å². The fourth-order valence-electron chi connectivity index (χ4n) is 10.1. The van der Waals surface area contributed by atoms with E-state index in [0.717, 1.165) is 57.8 Å². The number of hydrogen-bond donors (Lipinski definition) is 3. The molecule has 0 fully saturated rings. The fourth-order valence-corrected chi connectivity index (χ4v) is 10.1. The van der Waals surface area contributed by atoms with Gasteiger partial charge in [-0.3, -0.25) is 14.4 Å². The summed E-state index contributed by atoms with van der Waals surface area (Å²) in [5.74, 6) is -2.42. The lowest BCUT2D eigenvalue weighted by Crippen LogP contribution is -2.69. The quantitative estimate of drug-likeness (QED) is 0.0414. The molecular formula is C60H116O6. The summed E-state index contributed by atoms with van der Waals surface area (Å²) < 4.78 is 0. The Morgan fingerprint density at radius 1 is 0.258 bits per heavy atom. The standard InChI is InChI=1S/C60H116O6/c1-4-7-10-13-16-19-22-25-28-31-34-37-40-43-46-49-52-56(62)59(65,55-61)60(66,57(63)53-50-47-44-41-38-35-32-29-26-23-20-17-14-11-8-5-2)58(64)54-51-48-45-42-39-36-33-30-27-24-21-18-15-12-9-6-3/h61,65-66H,4-55H2,1-3H3/t59-/m1/s1. The van der Waals surface area contributed by atoms with Gasteiger partial charge in [0.15, 0.2) is 23.0 Å². The lowest BCUT2D eigenvalue weighted by Gasteiger charge is -2.39. The summed E-state index contributed by atoms with van der Waals surface area (Å²) >= 11 is 0. The minimum atomic E-state index is -2.92. The summed E-state index contributed by atoms with van der Waals surface area (Å²) in [6, 6.07) is 0. The third-order valence-corrected chi connectivity index (χ3v) is 14.9. The van der Waals surface area contributed by atoms with Crippen molar-refractivity contribution in [2.45, 2.75) is 359 Å². The van der Waals surface area contributed by atoms with Crippen LogP contribution in [0.2, 0.25) is 0 Å². The van der Waals surface area contributed by atoms with Crippen LogP contribution in [0.4, 0.5) is 0 Å². The Morgan fingerprint density at radius 3 is 0.576 bits per heavy atom. The molecular weight excluding hydrogens is 817 g/mol. The van der Waals surface area contributed by atoms with Crippen LogP contribution in [0.25, 0.3) is 0 Å². The molecule has 0 aliphatic rings. The highest BCUT2D eigenvalue weighted by atomic mass is 16.4. The van der Waals surface area contributed by atoms with E-state index in [4.69, 9.17) is 0 Å². The Labute approximate surface area is 411 Å². The van der Waals surface area contributed by atoms with Crippen LogP contribution in [0.1, 0.15) is 348 Å². The van der Waals surface area contributed by atoms with Crippen molar-refractivity contribution < 1.29 is 29.7 Å². The second-order valence-corrected chi connectivity index (χ2v) is 21.2. The molecule has 0 aliphatic carbocycles. The first-order valence-electron chi connectivity index (χ1n) is 29.9. The van der Waals surface area contributed by atoms with Gasteiger partial charge >= 0.3 is 0 Å². The number of aliphatic hydroxyl groups is 3. The van der Waals surface area contributed by atoms with E-state index >= 15 is 0 Å². The van der Waals surface area contributed by atoms with Crippen LogP contribution < -0.4 is 0 Å². The number of carbonyl (C=O) groups is 3.